The van der Waals surface area contributed by atoms with Crippen molar-refractivity contribution in [3.8, 4) is 0 Å². The molecule has 1 aliphatic heterocycles. The number of morpholine rings is 1. The van der Waals surface area contributed by atoms with E-state index in [0.29, 0.717) is 22.4 Å². The number of halogens is 1. The number of anilines is 1. The Hall–Kier alpha value is -3.55. The molecular formula is C26H25FN2O4. The highest BCUT2D eigenvalue weighted by Gasteiger charge is 2.35. The van der Waals surface area contributed by atoms with Crippen molar-refractivity contribution < 1.29 is 23.8 Å². The number of carbonyl (C=O) groups excluding carboxylic acids is 2. The Kier molecular flexibility index (Phi) is 6.82. The molecule has 33 heavy (non-hydrogen) atoms. The summed E-state index contributed by atoms with van der Waals surface area (Å²) in [6.07, 6.45) is -1.04. The maximum Gasteiger partial charge on any atom is 0.255 e. The number of hydrogen-bond acceptors (Lipinski definition) is 4. The minimum Gasteiger partial charge on any atom is -0.386 e. The van der Waals surface area contributed by atoms with Gasteiger partial charge in [-0.25, -0.2) is 4.39 Å². The van der Waals surface area contributed by atoms with Gasteiger partial charge >= 0.3 is 0 Å². The van der Waals surface area contributed by atoms with Gasteiger partial charge in [-0.2, -0.15) is 0 Å². The number of rotatable bonds is 6. The molecular weight excluding hydrogens is 423 g/mol. The predicted molar refractivity (Wildman–Crippen MR) is 122 cm³/mol. The minimum atomic E-state index is -1.04. The zero-order valence-corrected chi connectivity index (χ0v) is 18.2. The lowest BCUT2D eigenvalue weighted by atomic mass is 9.99. The number of aliphatic hydroxyl groups excluding tert-OH is 1. The van der Waals surface area contributed by atoms with Crippen LogP contribution in [0.4, 0.5) is 10.1 Å². The highest BCUT2D eigenvalue weighted by atomic mass is 19.1. The van der Waals surface area contributed by atoms with Crippen molar-refractivity contribution in [2.24, 2.45) is 0 Å². The van der Waals surface area contributed by atoms with E-state index in [4.69, 9.17) is 4.74 Å². The molecule has 0 saturated carbocycles. The topological polar surface area (TPSA) is 78.9 Å². The second-order valence-corrected chi connectivity index (χ2v) is 8.08. The Bertz CT molecular complexity index is 1130. The van der Waals surface area contributed by atoms with E-state index in [9.17, 15) is 19.1 Å². The third-order valence-corrected chi connectivity index (χ3v) is 5.72. The smallest absolute Gasteiger partial charge is 0.255 e. The number of benzene rings is 3. The van der Waals surface area contributed by atoms with Crippen LogP contribution in [-0.4, -0.2) is 41.1 Å². The summed E-state index contributed by atoms with van der Waals surface area (Å²) in [4.78, 5) is 26.4. The van der Waals surface area contributed by atoms with Crippen LogP contribution in [0.1, 0.15) is 33.2 Å². The van der Waals surface area contributed by atoms with E-state index >= 15 is 0 Å². The molecule has 3 aromatic carbocycles. The van der Waals surface area contributed by atoms with Crippen LogP contribution in [0.5, 0.6) is 0 Å². The molecule has 1 saturated heterocycles. The molecule has 2 amide bonds. The van der Waals surface area contributed by atoms with Gasteiger partial charge in [0.1, 0.15) is 18.5 Å². The molecule has 0 aliphatic carbocycles. The first-order valence-electron chi connectivity index (χ1n) is 10.7. The molecule has 2 atom stereocenters. The maximum absolute atomic E-state index is 14.1. The van der Waals surface area contributed by atoms with Crippen molar-refractivity contribution >= 4 is 17.5 Å². The highest BCUT2D eigenvalue weighted by Crippen LogP contribution is 2.27. The van der Waals surface area contributed by atoms with Crippen LogP contribution >= 0.6 is 0 Å². The first-order valence-corrected chi connectivity index (χ1v) is 10.7. The summed E-state index contributed by atoms with van der Waals surface area (Å²) in [6.45, 7) is 2.02. The van der Waals surface area contributed by atoms with Crippen LogP contribution in [0.2, 0.25) is 0 Å². The Labute approximate surface area is 191 Å². The molecule has 6 nitrogen and oxygen atoms in total. The molecule has 1 aliphatic rings. The second kappa shape index (κ2) is 9.94. The van der Waals surface area contributed by atoms with Gasteiger partial charge in [0.2, 0.25) is 5.91 Å². The fourth-order valence-electron chi connectivity index (χ4n) is 3.80. The molecule has 2 N–H and O–H groups in total. The van der Waals surface area contributed by atoms with Crippen molar-refractivity contribution in [1.29, 1.82) is 0 Å². The molecule has 3 aromatic rings. The monoisotopic (exact) mass is 448 g/mol. The molecule has 0 unspecified atom stereocenters. The van der Waals surface area contributed by atoms with E-state index in [1.165, 1.54) is 11.0 Å². The van der Waals surface area contributed by atoms with Gasteiger partial charge in [0, 0.05) is 23.4 Å². The average Bonchev–Trinajstić information content (AvgIpc) is 2.82. The van der Waals surface area contributed by atoms with Crippen LogP contribution < -0.4 is 5.32 Å². The summed E-state index contributed by atoms with van der Waals surface area (Å²) in [5, 5.41) is 13.8. The summed E-state index contributed by atoms with van der Waals surface area (Å²) >= 11 is 0. The number of hydrogen-bond donors (Lipinski definition) is 2. The molecule has 1 fully saturated rings. The third-order valence-electron chi connectivity index (χ3n) is 5.72. The summed E-state index contributed by atoms with van der Waals surface area (Å²) in [7, 11) is 0. The molecule has 7 heteroatoms. The lowest BCUT2D eigenvalue weighted by Gasteiger charge is -2.38. The van der Waals surface area contributed by atoms with E-state index < -0.39 is 18.0 Å². The lowest BCUT2D eigenvalue weighted by molar-refractivity contribution is -0.155. The van der Waals surface area contributed by atoms with Crippen LogP contribution in [0.15, 0.2) is 72.8 Å². The molecule has 4 rings (SSSR count). The fourth-order valence-corrected chi connectivity index (χ4v) is 3.80. The molecule has 1 heterocycles. The minimum absolute atomic E-state index is 0.0429. The molecule has 0 spiro atoms. The molecule has 0 radical (unpaired) electrons. The first-order chi connectivity index (χ1) is 15.9. The summed E-state index contributed by atoms with van der Waals surface area (Å²) in [5.74, 6) is -0.945. The van der Waals surface area contributed by atoms with Crippen LogP contribution in [-0.2, 0) is 16.1 Å². The number of aryl methyl sites for hydroxylation is 1. The van der Waals surface area contributed by atoms with Crippen molar-refractivity contribution in [2.75, 3.05) is 18.5 Å². The van der Waals surface area contributed by atoms with E-state index in [2.05, 4.69) is 5.32 Å². The van der Waals surface area contributed by atoms with Gasteiger partial charge in [-0.1, -0.05) is 48.0 Å². The Morgan fingerprint density at radius 3 is 2.52 bits per heavy atom. The quantitative estimate of drug-likeness (QED) is 0.601. The van der Waals surface area contributed by atoms with Gasteiger partial charge in [0.15, 0.2) is 0 Å². The fraction of sp³-hybridized carbons (Fsp3) is 0.231. The Morgan fingerprint density at radius 1 is 1.12 bits per heavy atom. The van der Waals surface area contributed by atoms with Crippen molar-refractivity contribution in [3.05, 3.63) is 101 Å². The van der Waals surface area contributed by atoms with E-state index in [1.807, 2.05) is 19.1 Å². The largest absolute Gasteiger partial charge is 0.386 e. The van der Waals surface area contributed by atoms with Gasteiger partial charge in [-0.3, -0.25) is 9.59 Å². The number of nitrogens with zero attached hydrogens (tertiary/aromatic N) is 1. The normalized spacial score (nSPS) is 17.0. The number of aliphatic hydroxyl groups is 1. The summed E-state index contributed by atoms with van der Waals surface area (Å²) < 4.78 is 19.5. The standard InChI is InChI=1S/C26H25FN2O4/c1-17-6-8-19(9-7-17)26(32)28-21-12-10-18(11-13-21)25(31)23-15-33-16-24(30)29(23)14-20-4-2-3-5-22(20)27/h2-13,23,25,31H,14-16H2,1H3,(H,28,32)/t23-,25-/m1/s1. The van der Waals surface area contributed by atoms with Crippen LogP contribution in [0.3, 0.4) is 0 Å². The summed E-state index contributed by atoms with van der Waals surface area (Å²) in [5.41, 5.74) is 3.13. The van der Waals surface area contributed by atoms with Crippen molar-refractivity contribution in [2.45, 2.75) is 25.6 Å². The molecule has 170 valence electrons. The van der Waals surface area contributed by atoms with Gasteiger partial charge in [-0.15, -0.1) is 0 Å². The third kappa shape index (κ3) is 5.27. The van der Waals surface area contributed by atoms with Crippen LogP contribution in [0, 0.1) is 12.7 Å². The maximum atomic E-state index is 14.1. The van der Waals surface area contributed by atoms with Crippen LogP contribution in [0.25, 0.3) is 0 Å². The zero-order valence-electron chi connectivity index (χ0n) is 18.2. The van der Waals surface area contributed by atoms with E-state index in [1.54, 1.807) is 54.6 Å². The number of carbonyl (C=O) groups is 2. The Morgan fingerprint density at radius 2 is 1.82 bits per heavy atom. The molecule has 0 aromatic heterocycles. The molecule has 0 bridgehead atoms. The number of nitrogens with one attached hydrogen (secondary N) is 1. The van der Waals surface area contributed by atoms with E-state index in [0.717, 1.165) is 5.56 Å². The van der Waals surface area contributed by atoms with Crippen molar-refractivity contribution in [1.82, 2.24) is 4.90 Å². The zero-order chi connectivity index (χ0) is 23.4. The first kappa shape index (κ1) is 22.6. The second-order valence-electron chi connectivity index (χ2n) is 8.08. The van der Waals surface area contributed by atoms with Gasteiger partial charge < -0.3 is 20.1 Å². The van der Waals surface area contributed by atoms with E-state index in [-0.39, 0.29) is 31.6 Å². The number of amides is 2. The van der Waals surface area contributed by atoms with Gasteiger partial charge in [-0.05, 0) is 42.8 Å². The Balaban J connectivity index is 1.47. The SMILES string of the molecule is Cc1ccc(C(=O)Nc2ccc([C@@H](O)[C@H]3COCC(=O)N3Cc3ccccc3F)cc2)cc1. The summed E-state index contributed by atoms with van der Waals surface area (Å²) in [6, 6.07) is 19.6. The predicted octanol–water partition coefficient (Wildman–Crippen LogP) is 3.85. The highest BCUT2D eigenvalue weighted by molar-refractivity contribution is 6.04. The number of ether oxygens (including phenoxy) is 1. The van der Waals surface area contributed by atoms with Gasteiger partial charge in [0.25, 0.3) is 5.91 Å². The van der Waals surface area contributed by atoms with Crippen molar-refractivity contribution in [3.63, 3.8) is 0 Å². The van der Waals surface area contributed by atoms with Gasteiger partial charge in [0.05, 0.1) is 12.6 Å². The lowest BCUT2D eigenvalue weighted by Crippen LogP contribution is -2.51. The average molecular weight is 448 g/mol.